The van der Waals surface area contributed by atoms with E-state index in [1.54, 1.807) is 18.2 Å². The highest BCUT2D eigenvalue weighted by Crippen LogP contribution is 2.18. The van der Waals surface area contributed by atoms with Crippen LogP contribution in [0.15, 0.2) is 18.2 Å². The van der Waals surface area contributed by atoms with Gasteiger partial charge in [0, 0.05) is 0 Å². The molecule has 0 spiro atoms. The minimum Gasteiger partial charge on any atom is -0.392 e. The molecule has 62 valence electrons. The highest BCUT2D eigenvalue weighted by molar-refractivity contribution is 5.49. The van der Waals surface area contributed by atoms with E-state index in [1.807, 2.05) is 0 Å². The Kier molecular flexibility index (Phi) is 2.81. The van der Waals surface area contributed by atoms with Crippen molar-refractivity contribution in [2.45, 2.75) is 13.2 Å². The lowest BCUT2D eigenvalue weighted by atomic mass is 10.1. The lowest BCUT2D eigenvalue weighted by Gasteiger charge is -2.03. The molecule has 0 fully saturated rings. The molecule has 1 rings (SSSR count). The van der Waals surface area contributed by atoms with Crippen LogP contribution in [0.1, 0.15) is 11.1 Å². The summed E-state index contributed by atoms with van der Waals surface area (Å²) < 4.78 is 0. The maximum atomic E-state index is 8.86. The Bertz CT molecular complexity index is 315. The molecular weight excluding hydrogens is 154 g/mol. The number of benzene rings is 1. The van der Waals surface area contributed by atoms with Gasteiger partial charge in [0.2, 0.25) is 0 Å². The molecule has 2 N–H and O–H groups in total. The second kappa shape index (κ2) is 3.86. The molecule has 1 aromatic carbocycles. The third kappa shape index (κ3) is 1.62. The van der Waals surface area contributed by atoms with Crippen LogP contribution in [0.4, 0.5) is 5.69 Å². The van der Waals surface area contributed by atoms with E-state index >= 15 is 0 Å². The first kappa shape index (κ1) is 8.72. The van der Waals surface area contributed by atoms with E-state index in [4.69, 9.17) is 16.8 Å². The molecule has 0 heterocycles. The standard InChI is InChI=1S/C9H9NO2/c1-10-9-3-2-7(5-11)8(4-9)6-12/h2-4,11-12H,5-6H2. The van der Waals surface area contributed by atoms with Crippen molar-refractivity contribution >= 4 is 5.69 Å². The second-order valence-electron chi connectivity index (χ2n) is 2.38. The SMILES string of the molecule is [C-]#[N+]c1ccc(CO)c(CO)c1. The van der Waals surface area contributed by atoms with E-state index in [0.29, 0.717) is 16.8 Å². The quantitative estimate of drug-likeness (QED) is 0.644. The summed E-state index contributed by atoms with van der Waals surface area (Å²) in [5, 5.41) is 17.7. The van der Waals surface area contributed by atoms with Gasteiger partial charge in [-0.3, -0.25) is 0 Å². The molecule has 0 amide bonds. The van der Waals surface area contributed by atoms with Gasteiger partial charge >= 0.3 is 0 Å². The van der Waals surface area contributed by atoms with Crippen LogP contribution in [0.3, 0.4) is 0 Å². The van der Waals surface area contributed by atoms with E-state index in [2.05, 4.69) is 4.85 Å². The number of rotatable bonds is 2. The van der Waals surface area contributed by atoms with Crippen LogP contribution in [0.5, 0.6) is 0 Å². The molecule has 12 heavy (non-hydrogen) atoms. The van der Waals surface area contributed by atoms with Gasteiger partial charge in [0.25, 0.3) is 0 Å². The average Bonchev–Trinajstić information content (AvgIpc) is 2.16. The summed E-state index contributed by atoms with van der Waals surface area (Å²) in [4.78, 5) is 3.21. The summed E-state index contributed by atoms with van der Waals surface area (Å²) in [6, 6.07) is 4.86. The summed E-state index contributed by atoms with van der Waals surface area (Å²) in [7, 11) is 0. The second-order valence-corrected chi connectivity index (χ2v) is 2.38. The van der Waals surface area contributed by atoms with Crippen LogP contribution in [0, 0.1) is 6.57 Å². The lowest BCUT2D eigenvalue weighted by molar-refractivity contribution is 0.260. The fourth-order valence-electron chi connectivity index (χ4n) is 0.983. The van der Waals surface area contributed by atoms with Gasteiger partial charge in [-0.15, -0.1) is 0 Å². The summed E-state index contributed by atoms with van der Waals surface area (Å²) in [6.07, 6.45) is 0. The van der Waals surface area contributed by atoms with Crippen molar-refractivity contribution in [3.8, 4) is 0 Å². The van der Waals surface area contributed by atoms with Crippen LogP contribution in [-0.2, 0) is 13.2 Å². The van der Waals surface area contributed by atoms with Gasteiger partial charge in [0.05, 0.1) is 19.8 Å². The fourth-order valence-corrected chi connectivity index (χ4v) is 0.983. The van der Waals surface area contributed by atoms with Gasteiger partial charge in [0.15, 0.2) is 5.69 Å². The van der Waals surface area contributed by atoms with E-state index in [-0.39, 0.29) is 13.2 Å². The van der Waals surface area contributed by atoms with E-state index in [0.717, 1.165) is 0 Å². The topological polar surface area (TPSA) is 44.8 Å². The number of aliphatic hydroxyl groups is 2. The monoisotopic (exact) mass is 163 g/mol. The molecule has 0 radical (unpaired) electrons. The van der Waals surface area contributed by atoms with Crippen molar-refractivity contribution in [2.75, 3.05) is 0 Å². The third-order valence-electron chi connectivity index (χ3n) is 1.66. The molecule has 0 aliphatic rings. The molecule has 0 unspecified atom stereocenters. The van der Waals surface area contributed by atoms with Crippen LogP contribution in [0.25, 0.3) is 4.85 Å². The Morgan fingerprint density at radius 2 is 1.83 bits per heavy atom. The van der Waals surface area contributed by atoms with E-state index < -0.39 is 0 Å². The van der Waals surface area contributed by atoms with Crippen molar-refractivity contribution in [1.82, 2.24) is 0 Å². The zero-order chi connectivity index (χ0) is 8.97. The number of hydrogen-bond acceptors (Lipinski definition) is 2. The number of nitrogens with zero attached hydrogens (tertiary/aromatic N) is 1. The zero-order valence-electron chi connectivity index (χ0n) is 6.49. The highest BCUT2D eigenvalue weighted by Gasteiger charge is 2.00. The maximum absolute atomic E-state index is 8.86. The zero-order valence-corrected chi connectivity index (χ0v) is 6.49. The summed E-state index contributed by atoms with van der Waals surface area (Å²) in [5.41, 5.74) is 1.77. The molecule has 3 heteroatoms. The molecule has 0 aliphatic heterocycles. The predicted octanol–water partition coefficient (Wildman–Crippen LogP) is 1.22. The first-order valence-corrected chi connectivity index (χ1v) is 3.52. The molecule has 3 nitrogen and oxygen atoms in total. The van der Waals surface area contributed by atoms with Crippen molar-refractivity contribution in [3.05, 3.63) is 40.7 Å². The van der Waals surface area contributed by atoms with E-state index in [9.17, 15) is 0 Å². The Morgan fingerprint density at radius 1 is 1.17 bits per heavy atom. The molecule has 0 aromatic heterocycles. The first-order valence-electron chi connectivity index (χ1n) is 3.52. The first-order chi connectivity index (χ1) is 5.81. The predicted molar refractivity (Wildman–Crippen MR) is 44.5 cm³/mol. The Hall–Kier alpha value is -1.37. The van der Waals surface area contributed by atoms with Gasteiger partial charge in [-0.25, -0.2) is 4.85 Å². The fraction of sp³-hybridized carbons (Fsp3) is 0.222. The van der Waals surface area contributed by atoms with Crippen LogP contribution in [0.2, 0.25) is 0 Å². The summed E-state index contributed by atoms with van der Waals surface area (Å²) in [5.74, 6) is 0. The number of aliphatic hydroxyl groups excluding tert-OH is 2. The third-order valence-corrected chi connectivity index (χ3v) is 1.66. The summed E-state index contributed by atoms with van der Waals surface area (Å²) in [6.45, 7) is 6.48. The van der Waals surface area contributed by atoms with Crippen molar-refractivity contribution in [1.29, 1.82) is 0 Å². The molecule has 0 saturated carbocycles. The van der Waals surface area contributed by atoms with Crippen molar-refractivity contribution in [3.63, 3.8) is 0 Å². The normalized spacial score (nSPS) is 9.42. The Balaban J connectivity index is 3.13. The average molecular weight is 163 g/mol. The van der Waals surface area contributed by atoms with Gasteiger partial charge in [-0.1, -0.05) is 18.2 Å². The highest BCUT2D eigenvalue weighted by atomic mass is 16.3. The minimum absolute atomic E-state index is 0.103. The molecule has 0 atom stereocenters. The molecule has 0 aliphatic carbocycles. The van der Waals surface area contributed by atoms with Crippen molar-refractivity contribution < 1.29 is 10.2 Å². The lowest BCUT2D eigenvalue weighted by Crippen LogP contribution is -1.92. The Morgan fingerprint density at radius 3 is 2.33 bits per heavy atom. The van der Waals surface area contributed by atoms with Gasteiger partial charge in [-0.05, 0) is 11.1 Å². The smallest absolute Gasteiger partial charge is 0.187 e. The van der Waals surface area contributed by atoms with Crippen molar-refractivity contribution in [2.24, 2.45) is 0 Å². The molecule has 1 aromatic rings. The number of hydrogen-bond donors (Lipinski definition) is 2. The largest absolute Gasteiger partial charge is 0.392 e. The molecule has 0 saturated heterocycles. The van der Waals surface area contributed by atoms with E-state index in [1.165, 1.54) is 0 Å². The van der Waals surface area contributed by atoms with Crippen LogP contribution < -0.4 is 0 Å². The molecular formula is C9H9NO2. The Labute approximate surface area is 70.7 Å². The van der Waals surface area contributed by atoms with Crippen LogP contribution >= 0.6 is 0 Å². The maximum Gasteiger partial charge on any atom is 0.187 e. The minimum atomic E-state index is -0.140. The van der Waals surface area contributed by atoms with Gasteiger partial charge in [0.1, 0.15) is 0 Å². The van der Waals surface area contributed by atoms with Gasteiger partial charge < -0.3 is 10.2 Å². The van der Waals surface area contributed by atoms with Gasteiger partial charge in [-0.2, -0.15) is 0 Å². The summed E-state index contributed by atoms with van der Waals surface area (Å²) >= 11 is 0. The van der Waals surface area contributed by atoms with Crippen LogP contribution in [-0.4, -0.2) is 10.2 Å². The molecule has 0 bridgehead atoms.